The summed E-state index contributed by atoms with van der Waals surface area (Å²) >= 11 is 0. The molecule has 0 bridgehead atoms. The standard InChI is InChI=1S/C67H130O17P2/c1-6-9-12-15-17-19-21-23-24-25-26-27-28-30-32-34-36-42-47-52-66(71)83-63(57-78-65(70)51-46-41-35-33-31-29-22-20-18-16-13-10-7-2)59-82-86(75,76)80-55-61(68)54-79-85(73,74)81-58-62(56-77-64(69)50-45-39-14-11-8-3)84-67(72)53-48-43-38-37-40-44-49-60(4)5/h60-63,68H,6-59H2,1-5H3,(H,73,74)(H,75,76)/t61-,62+,63+/m0/s1. The molecule has 0 aromatic heterocycles. The molecule has 0 rings (SSSR count). The van der Waals surface area contributed by atoms with E-state index in [1.54, 1.807) is 0 Å². The molecule has 3 N–H and O–H groups in total. The number of carbonyl (C=O) groups is 4. The van der Waals surface area contributed by atoms with Gasteiger partial charge in [-0.05, 0) is 31.6 Å². The molecular formula is C67H130O17P2. The highest BCUT2D eigenvalue weighted by Crippen LogP contribution is 2.45. The number of esters is 4. The van der Waals surface area contributed by atoms with Gasteiger partial charge in [-0.15, -0.1) is 0 Å². The van der Waals surface area contributed by atoms with Crippen LogP contribution in [0.5, 0.6) is 0 Å². The van der Waals surface area contributed by atoms with Crippen molar-refractivity contribution in [2.24, 2.45) is 5.92 Å². The topological polar surface area (TPSA) is 237 Å². The molecule has 0 amide bonds. The number of aliphatic hydroxyl groups is 1. The van der Waals surface area contributed by atoms with E-state index >= 15 is 0 Å². The van der Waals surface area contributed by atoms with Crippen molar-refractivity contribution in [3.8, 4) is 0 Å². The third-order valence-corrected chi connectivity index (χ3v) is 17.4. The molecule has 0 radical (unpaired) electrons. The number of aliphatic hydroxyl groups excluding tert-OH is 1. The van der Waals surface area contributed by atoms with Crippen LogP contribution in [0.15, 0.2) is 0 Å². The van der Waals surface area contributed by atoms with E-state index in [0.717, 1.165) is 96.3 Å². The first-order chi connectivity index (χ1) is 41.5. The van der Waals surface area contributed by atoms with Crippen molar-refractivity contribution < 1.29 is 80.2 Å². The van der Waals surface area contributed by atoms with Gasteiger partial charge in [0.1, 0.15) is 19.3 Å². The number of hydrogen-bond acceptors (Lipinski definition) is 15. The van der Waals surface area contributed by atoms with E-state index in [9.17, 15) is 43.2 Å². The van der Waals surface area contributed by atoms with E-state index in [-0.39, 0.29) is 25.7 Å². The van der Waals surface area contributed by atoms with Crippen LogP contribution in [0.1, 0.15) is 343 Å². The average Bonchev–Trinajstić information content (AvgIpc) is 3.60. The second kappa shape index (κ2) is 60.6. The predicted molar refractivity (Wildman–Crippen MR) is 345 cm³/mol. The lowest BCUT2D eigenvalue weighted by Gasteiger charge is -2.21. The second-order valence-corrected chi connectivity index (χ2v) is 27.6. The van der Waals surface area contributed by atoms with Crippen LogP contribution in [-0.4, -0.2) is 96.7 Å². The third kappa shape index (κ3) is 60.9. The molecule has 17 nitrogen and oxygen atoms in total. The van der Waals surface area contributed by atoms with Crippen LogP contribution < -0.4 is 0 Å². The zero-order chi connectivity index (χ0) is 63.5. The van der Waals surface area contributed by atoms with Crippen molar-refractivity contribution in [3.63, 3.8) is 0 Å². The van der Waals surface area contributed by atoms with Crippen LogP contribution in [0.4, 0.5) is 0 Å². The highest BCUT2D eigenvalue weighted by molar-refractivity contribution is 7.47. The quantitative estimate of drug-likeness (QED) is 0.0222. The maximum absolute atomic E-state index is 13.0. The van der Waals surface area contributed by atoms with E-state index in [1.807, 2.05) is 0 Å². The summed E-state index contributed by atoms with van der Waals surface area (Å²) in [6.45, 7) is 7.04. The number of phosphoric acid groups is 2. The third-order valence-electron chi connectivity index (χ3n) is 15.5. The Morgan fingerprint density at radius 2 is 0.535 bits per heavy atom. The smallest absolute Gasteiger partial charge is 0.462 e. The first-order valence-corrected chi connectivity index (χ1v) is 38.1. The van der Waals surface area contributed by atoms with Crippen molar-refractivity contribution in [1.82, 2.24) is 0 Å². The highest BCUT2D eigenvalue weighted by Gasteiger charge is 2.30. The van der Waals surface area contributed by atoms with E-state index in [4.69, 9.17) is 37.0 Å². The van der Waals surface area contributed by atoms with Crippen molar-refractivity contribution >= 4 is 39.5 Å². The van der Waals surface area contributed by atoms with Crippen molar-refractivity contribution in [2.75, 3.05) is 39.6 Å². The summed E-state index contributed by atoms with van der Waals surface area (Å²) in [5, 5.41) is 10.5. The second-order valence-electron chi connectivity index (χ2n) is 24.7. The number of rotatable bonds is 67. The van der Waals surface area contributed by atoms with Gasteiger partial charge < -0.3 is 33.8 Å². The number of ether oxygens (including phenoxy) is 4. The Hall–Kier alpha value is -1.94. The monoisotopic (exact) mass is 1270 g/mol. The molecule has 86 heavy (non-hydrogen) atoms. The van der Waals surface area contributed by atoms with Crippen LogP contribution in [0.2, 0.25) is 0 Å². The van der Waals surface area contributed by atoms with E-state index in [2.05, 4.69) is 34.6 Å². The van der Waals surface area contributed by atoms with Crippen LogP contribution in [0.25, 0.3) is 0 Å². The summed E-state index contributed by atoms with van der Waals surface area (Å²) in [6.07, 6.45) is 46.5. The normalized spacial score (nSPS) is 14.2. The number of phosphoric ester groups is 2. The van der Waals surface area contributed by atoms with Gasteiger partial charge in [0.25, 0.3) is 0 Å². The van der Waals surface area contributed by atoms with Gasteiger partial charge in [0.15, 0.2) is 12.2 Å². The van der Waals surface area contributed by atoms with Crippen LogP contribution in [-0.2, 0) is 65.4 Å². The van der Waals surface area contributed by atoms with Crippen molar-refractivity contribution in [2.45, 2.75) is 361 Å². The average molecular weight is 1270 g/mol. The van der Waals surface area contributed by atoms with Crippen molar-refractivity contribution in [1.29, 1.82) is 0 Å². The Balaban J connectivity index is 5.13. The molecule has 0 aliphatic carbocycles. The van der Waals surface area contributed by atoms with Crippen LogP contribution >= 0.6 is 15.6 Å². The van der Waals surface area contributed by atoms with Gasteiger partial charge in [0.05, 0.1) is 26.4 Å². The Morgan fingerprint density at radius 1 is 0.314 bits per heavy atom. The fourth-order valence-electron chi connectivity index (χ4n) is 10.1. The fraction of sp³-hybridized carbons (Fsp3) is 0.940. The molecule has 0 spiro atoms. The Morgan fingerprint density at radius 3 is 0.791 bits per heavy atom. The highest BCUT2D eigenvalue weighted by atomic mass is 31.2. The van der Waals surface area contributed by atoms with Gasteiger partial charge in [0, 0.05) is 25.7 Å². The van der Waals surface area contributed by atoms with E-state index in [0.29, 0.717) is 31.6 Å². The number of unbranched alkanes of at least 4 members (excludes halogenated alkanes) is 39. The minimum absolute atomic E-state index is 0.101. The maximum atomic E-state index is 13.0. The minimum atomic E-state index is -4.95. The van der Waals surface area contributed by atoms with Gasteiger partial charge in [-0.3, -0.25) is 37.3 Å². The zero-order valence-electron chi connectivity index (χ0n) is 55.4. The minimum Gasteiger partial charge on any atom is -0.462 e. The molecule has 5 atom stereocenters. The zero-order valence-corrected chi connectivity index (χ0v) is 57.2. The summed E-state index contributed by atoms with van der Waals surface area (Å²) < 4.78 is 67.9. The van der Waals surface area contributed by atoms with Gasteiger partial charge in [-0.25, -0.2) is 9.13 Å². The largest absolute Gasteiger partial charge is 0.472 e. The summed E-state index contributed by atoms with van der Waals surface area (Å²) in [5.74, 6) is -1.47. The molecule has 0 aliphatic heterocycles. The SMILES string of the molecule is CCCCCCCCCCCCCCCCCCCCCC(=O)O[C@H](COC(=O)CCCCCCCCCCCCCCC)COP(=O)(O)OC[C@@H](O)COP(=O)(O)OC[C@@H](COC(=O)CCCCCCC)OC(=O)CCCCCCCCC(C)C. The molecule has 510 valence electrons. The Labute approximate surface area is 524 Å². The fourth-order valence-corrected chi connectivity index (χ4v) is 11.7. The predicted octanol–water partition coefficient (Wildman–Crippen LogP) is 19.0. The van der Waals surface area contributed by atoms with E-state index < -0.39 is 97.5 Å². The molecule has 0 aliphatic rings. The van der Waals surface area contributed by atoms with E-state index in [1.165, 1.54) is 161 Å². The van der Waals surface area contributed by atoms with Gasteiger partial charge in [-0.1, -0.05) is 291 Å². The summed E-state index contributed by atoms with van der Waals surface area (Å²) in [4.78, 5) is 72.0. The molecule has 0 aromatic carbocycles. The first-order valence-electron chi connectivity index (χ1n) is 35.1. The lowest BCUT2D eigenvalue weighted by atomic mass is 10.0. The van der Waals surface area contributed by atoms with Crippen molar-refractivity contribution in [3.05, 3.63) is 0 Å². The lowest BCUT2D eigenvalue weighted by Crippen LogP contribution is -2.30. The van der Waals surface area contributed by atoms with Crippen LogP contribution in [0.3, 0.4) is 0 Å². The molecule has 0 aromatic rings. The Kier molecular flexibility index (Phi) is 59.2. The molecule has 2 unspecified atom stereocenters. The van der Waals surface area contributed by atoms with Crippen LogP contribution in [0, 0.1) is 5.92 Å². The molecule has 0 saturated carbocycles. The molecule has 19 heteroatoms. The first kappa shape index (κ1) is 84.1. The van der Waals surface area contributed by atoms with Gasteiger partial charge in [0.2, 0.25) is 0 Å². The molecule has 0 fully saturated rings. The maximum Gasteiger partial charge on any atom is 0.472 e. The summed E-state index contributed by atoms with van der Waals surface area (Å²) in [5.41, 5.74) is 0. The van der Waals surface area contributed by atoms with Gasteiger partial charge in [-0.2, -0.15) is 0 Å². The number of hydrogen-bond donors (Lipinski definition) is 3. The number of carbonyl (C=O) groups excluding carboxylic acids is 4. The lowest BCUT2D eigenvalue weighted by molar-refractivity contribution is -0.161. The summed E-state index contributed by atoms with van der Waals surface area (Å²) in [7, 11) is -9.88. The molecule has 0 saturated heterocycles. The molecule has 0 heterocycles. The van der Waals surface area contributed by atoms with Gasteiger partial charge >= 0.3 is 39.5 Å². The molecular weight excluding hydrogens is 1140 g/mol. The summed E-state index contributed by atoms with van der Waals surface area (Å²) in [6, 6.07) is 0. The Bertz CT molecular complexity index is 1670.